The molecule has 1 saturated heterocycles. The van der Waals surface area contributed by atoms with Gasteiger partial charge >= 0.3 is 0 Å². The first-order valence-electron chi connectivity index (χ1n) is 10.6. The molecule has 4 rings (SSSR count). The van der Waals surface area contributed by atoms with E-state index in [4.69, 9.17) is 11.6 Å². The molecule has 0 spiro atoms. The standard InChI is InChI=1S/C26H22ClFN2O3/c1-2-17-9-11-22(12-10-17)30-24(31)15-23(26(30)33)29(16-18-5-3-7-20(27)13-18)25(32)19-6-4-8-21(28)14-19/h3-14,23H,2,15-16H2,1H3/t23-/m1/s1. The maximum Gasteiger partial charge on any atom is 0.257 e. The van der Waals surface area contributed by atoms with Crippen LogP contribution < -0.4 is 4.90 Å². The number of nitrogens with zero attached hydrogens (tertiary/aromatic N) is 2. The van der Waals surface area contributed by atoms with Gasteiger partial charge in [0.2, 0.25) is 5.91 Å². The van der Waals surface area contributed by atoms with E-state index in [1.165, 1.54) is 23.1 Å². The average Bonchev–Trinajstić information content (AvgIpc) is 3.10. The van der Waals surface area contributed by atoms with Gasteiger partial charge in [0.05, 0.1) is 12.1 Å². The molecule has 0 unspecified atom stereocenters. The minimum atomic E-state index is -1.02. The zero-order valence-corrected chi connectivity index (χ0v) is 18.8. The van der Waals surface area contributed by atoms with Crippen molar-refractivity contribution in [2.24, 2.45) is 0 Å². The summed E-state index contributed by atoms with van der Waals surface area (Å²) in [6, 6.07) is 18.4. The molecule has 1 aliphatic rings. The highest BCUT2D eigenvalue weighted by atomic mass is 35.5. The molecule has 0 bridgehead atoms. The van der Waals surface area contributed by atoms with E-state index in [9.17, 15) is 18.8 Å². The molecular weight excluding hydrogens is 443 g/mol. The summed E-state index contributed by atoms with van der Waals surface area (Å²) in [6.45, 7) is 2.06. The van der Waals surface area contributed by atoms with Crippen molar-refractivity contribution in [1.29, 1.82) is 0 Å². The van der Waals surface area contributed by atoms with E-state index >= 15 is 0 Å². The quantitative estimate of drug-likeness (QED) is 0.481. The van der Waals surface area contributed by atoms with Crippen molar-refractivity contribution in [1.82, 2.24) is 4.90 Å². The predicted octanol–water partition coefficient (Wildman–Crippen LogP) is 5.02. The summed E-state index contributed by atoms with van der Waals surface area (Å²) in [6.07, 6.45) is 0.677. The summed E-state index contributed by atoms with van der Waals surface area (Å²) in [5, 5.41) is 0.483. The van der Waals surface area contributed by atoms with E-state index < -0.39 is 29.6 Å². The number of carbonyl (C=O) groups excluding carboxylic acids is 3. The van der Waals surface area contributed by atoms with Gasteiger partial charge in [-0.3, -0.25) is 14.4 Å². The van der Waals surface area contributed by atoms with E-state index in [-0.39, 0.29) is 18.5 Å². The lowest BCUT2D eigenvalue weighted by Crippen LogP contribution is -2.45. The molecule has 5 nitrogen and oxygen atoms in total. The smallest absolute Gasteiger partial charge is 0.257 e. The fraction of sp³-hybridized carbons (Fsp3) is 0.192. The van der Waals surface area contributed by atoms with Crippen LogP contribution in [0.3, 0.4) is 0 Å². The van der Waals surface area contributed by atoms with Crippen LogP contribution in [0.5, 0.6) is 0 Å². The molecule has 0 N–H and O–H groups in total. The van der Waals surface area contributed by atoms with Crippen LogP contribution in [0.15, 0.2) is 72.8 Å². The maximum atomic E-state index is 13.8. The zero-order chi connectivity index (χ0) is 23.5. The van der Waals surface area contributed by atoms with Crippen molar-refractivity contribution in [2.75, 3.05) is 4.90 Å². The van der Waals surface area contributed by atoms with Gasteiger partial charge in [0.1, 0.15) is 11.9 Å². The zero-order valence-electron chi connectivity index (χ0n) is 18.0. The van der Waals surface area contributed by atoms with E-state index in [0.29, 0.717) is 16.3 Å². The van der Waals surface area contributed by atoms with Crippen LogP contribution in [-0.2, 0) is 22.6 Å². The summed E-state index contributed by atoms with van der Waals surface area (Å²) in [7, 11) is 0. The summed E-state index contributed by atoms with van der Waals surface area (Å²) >= 11 is 6.10. The monoisotopic (exact) mass is 464 g/mol. The Labute approximate surface area is 196 Å². The molecule has 0 aliphatic carbocycles. The van der Waals surface area contributed by atoms with Crippen LogP contribution >= 0.6 is 11.6 Å². The molecule has 0 aromatic heterocycles. The van der Waals surface area contributed by atoms with Crippen LogP contribution in [0.4, 0.5) is 10.1 Å². The highest BCUT2D eigenvalue weighted by Crippen LogP contribution is 2.28. The molecule has 1 aliphatic heterocycles. The Bertz CT molecular complexity index is 1210. The normalized spacial score (nSPS) is 15.7. The number of halogens is 2. The SMILES string of the molecule is CCc1ccc(N2C(=O)C[C@@H](N(Cc3cccc(Cl)c3)C(=O)c3cccc(F)c3)C2=O)cc1. The Balaban J connectivity index is 1.69. The lowest BCUT2D eigenvalue weighted by Gasteiger charge is -2.28. The topological polar surface area (TPSA) is 57.7 Å². The Morgan fingerprint density at radius 2 is 1.76 bits per heavy atom. The Kier molecular flexibility index (Phi) is 6.56. The van der Waals surface area contributed by atoms with E-state index in [1.54, 1.807) is 36.4 Å². The van der Waals surface area contributed by atoms with E-state index in [2.05, 4.69) is 0 Å². The largest absolute Gasteiger partial charge is 0.322 e. The third-order valence-corrected chi connectivity index (χ3v) is 5.91. The van der Waals surface area contributed by atoms with Crippen LogP contribution in [0, 0.1) is 5.82 Å². The second kappa shape index (κ2) is 9.55. The van der Waals surface area contributed by atoms with Gasteiger partial charge in [0, 0.05) is 17.1 Å². The third kappa shape index (κ3) is 4.81. The highest BCUT2D eigenvalue weighted by Gasteiger charge is 2.44. The number of carbonyl (C=O) groups is 3. The van der Waals surface area contributed by atoms with Crippen LogP contribution in [0.25, 0.3) is 0 Å². The number of aryl methyl sites for hydroxylation is 1. The lowest BCUT2D eigenvalue weighted by molar-refractivity contribution is -0.122. The van der Waals surface area contributed by atoms with Crippen molar-refractivity contribution in [2.45, 2.75) is 32.4 Å². The molecule has 1 fully saturated rings. The fourth-order valence-electron chi connectivity index (χ4n) is 3.95. The molecule has 33 heavy (non-hydrogen) atoms. The number of hydrogen-bond donors (Lipinski definition) is 0. The molecule has 3 aromatic rings. The van der Waals surface area contributed by atoms with Crippen molar-refractivity contribution >= 4 is 35.0 Å². The first kappa shape index (κ1) is 22.7. The molecule has 3 aromatic carbocycles. The van der Waals surface area contributed by atoms with Gasteiger partial charge in [0.25, 0.3) is 11.8 Å². The first-order chi connectivity index (χ1) is 15.9. The second-order valence-electron chi connectivity index (χ2n) is 7.88. The number of hydrogen-bond acceptors (Lipinski definition) is 3. The van der Waals surface area contributed by atoms with Crippen molar-refractivity contribution in [3.05, 3.63) is 100 Å². The fourth-order valence-corrected chi connectivity index (χ4v) is 4.17. The summed E-state index contributed by atoms with van der Waals surface area (Å²) < 4.78 is 13.8. The lowest BCUT2D eigenvalue weighted by atomic mass is 10.1. The Morgan fingerprint density at radius 1 is 1.03 bits per heavy atom. The van der Waals surface area contributed by atoms with Gasteiger partial charge in [-0.05, 0) is 60.0 Å². The number of anilines is 1. The highest BCUT2D eigenvalue weighted by molar-refractivity contribution is 6.30. The molecule has 1 heterocycles. The van der Waals surface area contributed by atoms with Gasteiger partial charge in [-0.15, -0.1) is 0 Å². The molecule has 7 heteroatoms. The van der Waals surface area contributed by atoms with Crippen LogP contribution in [0.1, 0.15) is 34.8 Å². The van der Waals surface area contributed by atoms with Crippen molar-refractivity contribution in [3.63, 3.8) is 0 Å². The summed E-state index contributed by atoms with van der Waals surface area (Å²) in [4.78, 5) is 42.1. The van der Waals surface area contributed by atoms with Crippen molar-refractivity contribution in [3.8, 4) is 0 Å². The van der Waals surface area contributed by atoms with E-state index in [0.717, 1.165) is 23.0 Å². The Morgan fingerprint density at radius 3 is 2.42 bits per heavy atom. The summed E-state index contributed by atoms with van der Waals surface area (Å²) in [5.74, 6) is -1.98. The van der Waals surface area contributed by atoms with Gasteiger partial charge < -0.3 is 4.90 Å². The molecule has 168 valence electrons. The van der Waals surface area contributed by atoms with Gasteiger partial charge in [-0.25, -0.2) is 9.29 Å². The molecular formula is C26H22ClFN2O3. The van der Waals surface area contributed by atoms with Crippen LogP contribution in [-0.4, -0.2) is 28.7 Å². The van der Waals surface area contributed by atoms with Gasteiger partial charge in [0.15, 0.2) is 0 Å². The van der Waals surface area contributed by atoms with Crippen LogP contribution in [0.2, 0.25) is 5.02 Å². The molecule has 1 atom stereocenters. The molecule has 3 amide bonds. The second-order valence-corrected chi connectivity index (χ2v) is 8.32. The average molecular weight is 465 g/mol. The Hall–Kier alpha value is -3.51. The number of imide groups is 1. The van der Waals surface area contributed by atoms with E-state index in [1.807, 2.05) is 19.1 Å². The minimum absolute atomic E-state index is 0.0439. The maximum absolute atomic E-state index is 13.8. The third-order valence-electron chi connectivity index (χ3n) is 5.68. The summed E-state index contributed by atoms with van der Waals surface area (Å²) in [5.41, 5.74) is 2.34. The van der Waals surface area contributed by atoms with Gasteiger partial charge in [-0.1, -0.05) is 48.9 Å². The minimum Gasteiger partial charge on any atom is -0.322 e. The first-order valence-corrected chi connectivity index (χ1v) is 11.0. The predicted molar refractivity (Wildman–Crippen MR) is 124 cm³/mol. The van der Waals surface area contributed by atoms with Gasteiger partial charge in [-0.2, -0.15) is 0 Å². The molecule has 0 saturated carbocycles. The molecule has 0 radical (unpaired) electrons. The van der Waals surface area contributed by atoms with Crippen molar-refractivity contribution < 1.29 is 18.8 Å². The number of amides is 3. The number of rotatable bonds is 6. The number of benzene rings is 3.